The number of nitrogens with zero attached hydrogens (tertiary/aromatic N) is 1. The maximum atomic E-state index is 12.7. The van der Waals surface area contributed by atoms with Gasteiger partial charge >= 0.3 is 6.18 Å². The van der Waals surface area contributed by atoms with Gasteiger partial charge in [0.2, 0.25) is 0 Å². The van der Waals surface area contributed by atoms with Crippen LogP contribution in [0, 0.1) is 5.92 Å². The molecule has 0 saturated carbocycles. The minimum absolute atomic E-state index is 0.00216. The third-order valence-corrected chi connectivity index (χ3v) is 4.19. The van der Waals surface area contributed by atoms with E-state index in [-0.39, 0.29) is 10.9 Å². The highest BCUT2D eigenvalue weighted by molar-refractivity contribution is 9.10. The topological polar surface area (TPSA) is 12.9 Å². The average Bonchev–Trinajstić information content (AvgIpc) is 2.25. The molecule has 1 atom stereocenters. The first-order valence-electron chi connectivity index (χ1n) is 4.76. The molecule has 0 aromatic carbocycles. The molecule has 1 unspecified atom stereocenters. The summed E-state index contributed by atoms with van der Waals surface area (Å²) in [4.78, 5) is 3.80. The lowest BCUT2D eigenvalue weighted by Crippen LogP contribution is -2.09. The molecule has 17 heavy (non-hydrogen) atoms. The summed E-state index contributed by atoms with van der Waals surface area (Å²) >= 11 is 9.68. The van der Waals surface area contributed by atoms with Crippen molar-refractivity contribution < 1.29 is 13.2 Å². The first kappa shape index (κ1) is 15.1. The van der Waals surface area contributed by atoms with E-state index in [4.69, 9.17) is 11.6 Å². The van der Waals surface area contributed by atoms with E-state index in [1.165, 1.54) is 6.20 Å². The number of rotatable bonds is 4. The van der Waals surface area contributed by atoms with Gasteiger partial charge in [-0.2, -0.15) is 13.2 Å². The van der Waals surface area contributed by atoms with Crippen molar-refractivity contribution in [3.8, 4) is 0 Å². The fourth-order valence-electron chi connectivity index (χ4n) is 1.01. The third kappa shape index (κ3) is 4.67. The van der Waals surface area contributed by atoms with Crippen LogP contribution >= 0.6 is 39.3 Å². The summed E-state index contributed by atoms with van der Waals surface area (Å²) in [5, 5.41) is -0.00216. The molecule has 0 spiro atoms. The number of alkyl halides is 4. The number of pyridine rings is 1. The van der Waals surface area contributed by atoms with Crippen LogP contribution in [0.15, 0.2) is 21.8 Å². The van der Waals surface area contributed by atoms with Gasteiger partial charge in [-0.25, -0.2) is 4.98 Å². The Balaban J connectivity index is 2.91. The molecule has 1 aromatic heterocycles. The van der Waals surface area contributed by atoms with Gasteiger partial charge in [0.15, 0.2) is 0 Å². The van der Waals surface area contributed by atoms with E-state index in [2.05, 4.69) is 20.9 Å². The van der Waals surface area contributed by atoms with Gasteiger partial charge in [0.05, 0.1) is 5.56 Å². The maximum absolute atomic E-state index is 12.7. The second-order valence-corrected chi connectivity index (χ2v) is 5.81. The summed E-state index contributed by atoms with van der Waals surface area (Å²) in [6, 6.07) is 1.04. The molecule has 1 nitrogen and oxygen atoms in total. The summed E-state index contributed by atoms with van der Waals surface area (Å²) < 4.78 is 38.5. The van der Waals surface area contributed by atoms with Crippen molar-refractivity contribution in [2.24, 2.45) is 5.92 Å². The zero-order chi connectivity index (χ0) is 13.1. The minimum atomic E-state index is -4.39. The quantitative estimate of drug-likeness (QED) is 0.571. The molecule has 96 valence electrons. The molecule has 0 amide bonds. The summed E-state index contributed by atoms with van der Waals surface area (Å²) in [5.41, 5.74) is -0.710. The van der Waals surface area contributed by atoms with Gasteiger partial charge in [0.25, 0.3) is 0 Å². The van der Waals surface area contributed by atoms with Crippen LogP contribution in [0.25, 0.3) is 0 Å². The van der Waals surface area contributed by atoms with E-state index in [1.807, 2.05) is 6.92 Å². The largest absolute Gasteiger partial charge is 0.419 e. The van der Waals surface area contributed by atoms with E-state index in [9.17, 15) is 13.2 Å². The van der Waals surface area contributed by atoms with Gasteiger partial charge in [-0.05, 0) is 27.9 Å². The molecule has 1 heterocycles. The van der Waals surface area contributed by atoms with Crippen molar-refractivity contribution in [3.05, 3.63) is 22.3 Å². The van der Waals surface area contributed by atoms with Crippen LogP contribution in [-0.2, 0) is 6.18 Å². The summed E-state index contributed by atoms with van der Waals surface area (Å²) in [7, 11) is 0. The van der Waals surface area contributed by atoms with Gasteiger partial charge in [-0.15, -0.1) is 23.4 Å². The number of thioether (sulfide) groups is 1. The van der Waals surface area contributed by atoms with Crippen molar-refractivity contribution in [1.82, 2.24) is 4.98 Å². The second-order valence-electron chi connectivity index (χ2n) is 3.57. The lowest BCUT2D eigenvalue weighted by Gasteiger charge is -2.13. The number of halogens is 5. The van der Waals surface area contributed by atoms with Crippen molar-refractivity contribution in [2.45, 2.75) is 18.1 Å². The van der Waals surface area contributed by atoms with E-state index in [0.29, 0.717) is 16.1 Å². The Morgan fingerprint density at radius 1 is 1.53 bits per heavy atom. The zero-order valence-electron chi connectivity index (χ0n) is 8.89. The number of aromatic nitrogens is 1. The molecule has 0 N–H and O–H groups in total. The molecule has 0 saturated heterocycles. The summed E-state index contributed by atoms with van der Waals surface area (Å²) in [6.45, 7) is 1.88. The molecule has 0 aliphatic rings. The Morgan fingerprint density at radius 3 is 2.71 bits per heavy atom. The van der Waals surface area contributed by atoms with Crippen LogP contribution in [0.2, 0.25) is 0 Å². The van der Waals surface area contributed by atoms with Crippen molar-refractivity contribution in [1.29, 1.82) is 0 Å². The van der Waals surface area contributed by atoms with Gasteiger partial charge in [-0.1, -0.05) is 6.92 Å². The lowest BCUT2D eigenvalue weighted by molar-refractivity contribution is -0.140. The minimum Gasteiger partial charge on any atom is -0.248 e. The summed E-state index contributed by atoms with van der Waals surface area (Å²) in [5.74, 6) is 1.08. The number of hydrogen-bond acceptors (Lipinski definition) is 2. The van der Waals surface area contributed by atoms with Crippen LogP contribution in [0.5, 0.6) is 0 Å². The van der Waals surface area contributed by atoms with Gasteiger partial charge in [0, 0.05) is 22.3 Å². The second kappa shape index (κ2) is 6.29. The molecular weight excluding hydrogens is 339 g/mol. The van der Waals surface area contributed by atoms with Gasteiger partial charge < -0.3 is 0 Å². The predicted molar refractivity (Wildman–Crippen MR) is 67.5 cm³/mol. The molecule has 0 radical (unpaired) electrons. The molecule has 1 aromatic rings. The first-order chi connectivity index (χ1) is 7.84. The van der Waals surface area contributed by atoms with E-state index in [0.717, 1.165) is 17.8 Å². The van der Waals surface area contributed by atoms with Crippen LogP contribution in [0.3, 0.4) is 0 Å². The molecule has 0 fully saturated rings. The van der Waals surface area contributed by atoms with Gasteiger partial charge in [0.1, 0.15) is 5.03 Å². The van der Waals surface area contributed by atoms with E-state index >= 15 is 0 Å². The predicted octanol–water partition coefficient (Wildman–Crippen LogP) is 4.83. The SMILES string of the molecule is CC(CCl)CSc1ncc(Br)cc1C(F)(F)F. The standard InChI is InChI=1S/C10H10BrClF3NS/c1-6(3-12)5-17-9-8(10(13,14)15)2-7(11)4-16-9/h2,4,6H,3,5H2,1H3. The molecule has 1 rings (SSSR count). The Labute approximate surface area is 115 Å². The fraction of sp³-hybridized carbons (Fsp3) is 0.500. The smallest absolute Gasteiger partial charge is 0.248 e. The highest BCUT2D eigenvalue weighted by atomic mass is 79.9. The van der Waals surface area contributed by atoms with Crippen LogP contribution in [-0.4, -0.2) is 16.6 Å². The highest BCUT2D eigenvalue weighted by Gasteiger charge is 2.34. The lowest BCUT2D eigenvalue weighted by atomic mass is 10.3. The van der Waals surface area contributed by atoms with Crippen molar-refractivity contribution in [2.75, 3.05) is 11.6 Å². The number of hydrogen-bond donors (Lipinski definition) is 0. The van der Waals surface area contributed by atoms with Gasteiger partial charge in [-0.3, -0.25) is 0 Å². The molecule has 0 aliphatic carbocycles. The first-order valence-corrected chi connectivity index (χ1v) is 7.07. The normalized spacial score (nSPS) is 13.8. The third-order valence-electron chi connectivity index (χ3n) is 1.89. The van der Waals surface area contributed by atoms with E-state index in [1.54, 1.807) is 0 Å². The Bertz CT molecular complexity index is 386. The van der Waals surface area contributed by atoms with Crippen LogP contribution in [0.4, 0.5) is 13.2 Å². The monoisotopic (exact) mass is 347 g/mol. The summed E-state index contributed by atoms with van der Waals surface area (Å²) in [6.07, 6.45) is -3.02. The van der Waals surface area contributed by atoms with Crippen molar-refractivity contribution in [3.63, 3.8) is 0 Å². The molecule has 0 bridgehead atoms. The molecule has 0 aliphatic heterocycles. The zero-order valence-corrected chi connectivity index (χ0v) is 12.0. The fourth-order valence-corrected chi connectivity index (χ4v) is 2.60. The average molecular weight is 349 g/mol. The van der Waals surface area contributed by atoms with E-state index < -0.39 is 11.7 Å². The Kier molecular flexibility index (Phi) is 5.60. The molecular formula is C10H10BrClF3NS. The van der Waals surface area contributed by atoms with Crippen LogP contribution in [0.1, 0.15) is 12.5 Å². The Morgan fingerprint density at radius 2 is 2.18 bits per heavy atom. The highest BCUT2D eigenvalue weighted by Crippen LogP contribution is 2.37. The van der Waals surface area contributed by atoms with Crippen molar-refractivity contribution >= 4 is 39.3 Å². The Hall–Kier alpha value is 0.0600. The van der Waals surface area contributed by atoms with Crippen LogP contribution < -0.4 is 0 Å². The molecule has 7 heteroatoms. The maximum Gasteiger partial charge on any atom is 0.419 e.